The van der Waals surface area contributed by atoms with Crippen molar-refractivity contribution in [3.63, 3.8) is 0 Å². The van der Waals surface area contributed by atoms with Crippen molar-refractivity contribution in [2.75, 3.05) is 19.0 Å². The Bertz CT molecular complexity index is 437. The van der Waals surface area contributed by atoms with Crippen LogP contribution in [0.25, 0.3) is 0 Å². The van der Waals surface area contributed by atoms with E-state index in [4.69, 9.17) is 4.74 Å². The Morgan fingerprint density at radius 3 is 2.35 bits per heavy atom. The average molecular weight is 260 g/mol. The summed E-state index contributed by atoms with van der Waals surface area (Å²) < 4.78 is 41.4. The lowest BCUT2D eigenvalue weighted by Crippen LogP contribution is -2.14. The molecule has 17 heavy (non-hydrogen) atoms. The molecule has 0 fully saturated rings. The van der Waals surface area contributed by atoms with E-state index in [0.29, 0.717) is 12.5 Å². The van der Waals surface area contributed by atoms with Crippen LogP contribution in [0.4, 0.5) is 4.39 Å². The van der Waals surface area contributed by atoms with Crippen molar-refractivity contribution in [2.45, 2.75) is 18.7 Å². The van der Waals surface area contributed by atoms with Gasteiger partial charge in [-0.1, -0.05) is 13.8 Å². The maximum Gasteiger partial charge on any atom is 0.180 e. The predicted molar refractivity (Wildman–Crippen MR) is 64.1 cm³/mol. The zero-order valence-electron chi connectivity index (χ0n) is 10.0. The van der Waals surface area contributed by atoms with Gasteiger partial charge in [-0.25, -0.2) is 12.8 Å². The van der Waals surface area contributed by atoms with Gasteiger partial charge in [0.15, 0.2) is 9.84 Å². The van der Waals surface area contributed by atoms with E-state index in [-0.39, 0.29) is 17.3 Å². The van der Waals surface area contributed by atoms with Gasteiger partial charge in [-0.2, -0.15) is 0 Å². The smallest absolute Gasteiger partial charge is 0.180 e. The molecule has 0 amide bonds. The monoisotopic (exact) mass is 260 g/mol. The Kier molecular flexibility index (Phi) is 5.08. The first-order valence-corrected chi connectivity index (χ1v) is 7.13. The minimum atomic E-state index is -3.37. The second kappa shape index (κ2) is 6.12. The first kappa shape index (κ1) is 14.1. The van der Waals surface area contributed by atoms with Crippen molar-refractivity contribution in [3.8, 4) is 0 Å². The molecular formula is C12H17FO3S. The van der Waals surface area contributed by atoms with Crippen LogP contribution in [0.1, 0.15) is 13.8 Å². The third-order valence-corrected chi connectivity index (χ3v) is 3.81. The third kappa shape index (κ3) is 4.83. The molecule has 96 valence electrons. The highest BCUT2D eigenvalue weighted by atomic mass is 32.2. The minimum Gasteiger partial charge on any atom is -0.380 e. The molecule has 0 aliphatic heterocycles. The minimum absolute atomic E-state index is 0.0780. The summed E-state index contributed by atoms with van der Waals surface area (Å²) in [6.45, 7) is 4.69. The number of hydrogen-bond acceptors (Lipinski definition) is 3. The maximum atomic E-state index is 12.7. The van der Waals surface area contributed by atoms with Crippen molar-refractivity contribution in [2.24, 2.45) is 5.92 Å². The second-order valence-corrected chi connectivity index (χ2v) is 6.35. The summed E-state index contributed by atoms with van der Waals surface area (Å²) >= 11 is 0. The topological polar surface area (TPSA) is 43.4 Å². The molecule has 0 aliphatic carbocycles. The van der Waals surface area contributed by atoms with Gasteiger partial charge < -0.3 is 4.74 Å². The molecule has 5 heteroatoms. The van der Waals surface area contributed by atoms with Crippen LogP contribution < -0.4 is 0 Å². The summed E-state index contributed by atoms with van der Waals surface area (Å²) in [5, 5.41) is 0. The maximum absolute atomic E-state index is 12.7. The fourth-order valence-electron chi connectivity index (χ4n) is 1.25. The summed E-state index contributed by atoms with van der Waals surface area (Å²) in [6.07, 6.45) is 0. The van der Waals surface area contributed by atoms with E-state index in [1.54, 1.807) is 0 Å². The quantitative estimate of drug-likeness (QED) is 0.582. The SMILES string of the molecule is CC(C)COCCS(=O)(=O)c1ccc(F)cc1. The van der Waals surface area contributed by atoms with Crippen LogP contribution in [-0.4, -0.2) is 27.4 Å². The lowest BCUT2D eigenvalue weighted by molar-refractivity contribution is 0.123. The van der Waals surface area contributed by atoms with Gasteiger partial charge in [0.05, 0.1) is 17.3 Å². The van der Waals surface area contributed by atoms with Gasteiger partial charge in [0.1, 0.15) is 5.82 Å². The van der Waals surface area contributed by atoms with Crippen LogP contribution in [0.2, 0.25) is 0 Å². The Hall–Kier alpha value is -0.940. The van der Waals surface area contributed by atoms with Gasteiger partial charge in [0.2, 0.25) is 0 Å². The van der Waals surface area contributed by atoms with E-state index < -0.39 is 15.7 Å². The predicted octanol–water partition coefficient (Wildman–Crippen LogP) is 2.27. The molecule has 0 atom stereocenters. The molecule has 1 aromatic carbocycles. The van der Waals surface area contributed by atoms with Gasteiger partial charge >= 0.3 is 0 Å². The van der Waals surface area contributed by atoms with Crippen LogP contribution in [0, 0.1) is 11.7 Å². The van der Waals surface area contributed by atoms with Crippen molar-refractivity contribution in [1.29, 1.82) is 0 Å². The number of ether oxygens (including phenoxy) is 1. The van der Waals surface area contributed by atoms with E-state index >= 15 is 0 Å². The molecule has 0 unspecified atom stereocenters. The Morgan fingerprint density at radius 2 is 1.82 bits per heavy atom. The van der Waals surface area contributed by atoms with Crippen molar-refractivity contribution in [1.82, 2.24) is 0 Å². The molecule has 1 aromatic rings. The Balaban J connectivity index is 2.54. The van der Waals surface area contributed by atoms with Crippen LogP contribution >= 0.6 is 0 Å². The lowest BCUT2D eigenvalue weighted by atomic mass is 10.2. The summed E-state index contributed by atoms with van der Waals surface area (Å²) in [7, 11) is -3.37. The molecule has 1 rings (SSSR count). The van der Waals surface area contributed by atoms with Crippen LogP contribution in [0.3, 0.4) is 0 Å². The van der Waals surface area contributed by atoms with E-state index in [9.17, 15) is 12.8 Å². The molecule has 0 saturated heterocycles. The van der Waals surface area contributed by atoms with Gasteiger partial charge in [0.25, 0.3) is 0 Å². The summed E-state index contributed by atoms with van der Waals surface area (Å²) in [6, 6.07) is 4.82. The summed E-state index contributed by atoms with van der Waals surface area (Å²) in [4.78, 5) is 0.132. The Morgan fingerprint density at radius 1 is 1.24 bits per heavy atom. The van der Waals surface area contributed by atoms with Crippen molar-refractivity contribution in [3.05, 3.63) is 30.1 Å². The number of halogens is 1. The van der Waals surface area contributed by atoms with Crippen LogP contribution in [0.15, 0.2) is 29.2 Å². The van der Waals surface area contributed by atoms with Gasteiger partial charge in [0, 0.05) is 6.61 Å². The van der Waals surface area contributed by atoms with E-state index in [2.05, 4.69) is 0 Å². The lowest BCUT2D eigenvalue weighted by Gasteiger charge is -2.07. The molecule has 0 saturated carbocycles. The molecule has 0 spiro atoms. The first-order chi connectivity index (χ1) is 7.92. The first-order valence-electron chi connectivity index (χ1n) is 5.48. The fraction of sp³-hybridized carbons (Fsp3) is 0.500. The zero-order valence-corrected chi connectivity index (χ0v) is 10.8. The highest BCUT2D eigenvalue weighted by Crippen LogP contribution is 2.11. The summed E-state index contributed by atoms with van der Waals surface area (Å²) in [5.74, 6) is -0.144. The van der Waals surface area contributed by atoms with Crippen molar-refractivity contribution >= 4 is 9.84 Å². The zero-order chi connectivity index (χ0) is 12.9. The van der Waals surface area contributed by atoms with E-state index in [1.807, 2.05) is 13.8 Å². The van der Waals surface area contributed by atoms with Gasteiger partial charge in [-0.15, -0.1) is 0 Å². The molecule has 0 heterocycles. The number of hydrogen-bond donors (Lipinski definition) is 0. The molecule has 0 aromatic heterocycles. The molecule has 0 aliphatic rings. The number of benzene rings is 1. The fourth-order valence-corrected chi connectivity index (χ4v) is 2.37. The average Bonchev–Trinajstić information content (AvgIpc) is 2.25. The highest BCUT2D eigenvalue weighted by Gasteiger charge is 2.14. The number of sulfone groups is 1. The third-order valence-electron chi connectivity index (χ3n) is 2.12. The molecule has 3 nitrogen and oxygen atoms in total. The van der Waals surface area contributed by atoms with Crippen LogP contribution in [-0.2, 0) is 14.6 Å². The van der Waals surface area contributed by atoms with Crippen LogP contribution in [0.5, 0.6) is 0 Å². The molecule has 0 N–H and O–H groups in total. The molecular weight excluding hydrogens is 243 g/mol. The normalized spacial score (nSPS) is 12.0. The molecule has 0 bridgehead atoms. The van der Waals surface area contributed by atoms with E-state index in [0.717, 1.165) is 12.1 Å². The molecule has 0 radical (unpaired) electrons. The van der Waals surface area contributed by atoms with Crippen molar-refractivity contribution < 1.29 is 17.5 Å². The summed E-state index contributed by atoms with van der Waals surface area (Å²) in [5.41, 5.74) is 0. The number of rotatable bonds is 6. The second-order valence-electron chi connectivity index (χ2n) is 4.24. The van der Waals surface area contributed by atoms with Gasteiger partial charge in [-0.05, 0) is 30.2 Å². The van der Waals surface area contributed by atoms with Gasteiger partial charge in [-0.3, -0.25) is 0 Å². The highest BCUT2D eigenvalue weighted by molar-refractivity contribution is 7.91. The van der Waals surface area contributed by atoms with E-state index in [1.165, 1.54) is 12.1 Å². The largest absolute Gasteiger partial charge is 0.380 e. The Labute approximate surface area is 102 Å². The standard InChI is InChI=1S/C12H17FO3S/c1-10(2)9-16-7-8-17(14,15)12-5-3-11(13)4-6-12/h3-6,10H,7-9H2,1-2H3.